The van der Waals surface area contributed by atoms with Crippen molar-refractivity contribution in [2.45, 2.75) is 4.90 Å². The van der Waals surface area contributed by atoms with Crippen LogP contribution >= 0.6 is 0 Å². The molecular formula is C27H28N4O6S. The van der Waals surface area contributed by atoms with Gasteiger partial charge in [0, 0.05) is 13.1 Å². The Balaban J connectivity index is 1.33. The number of morpholine rings is 1. The summed E-state index contributed by atoms with van der Waals surface area (Å²) in [4.78, 5) is 26.6. The molecule has 0 radical (unpaired) electrons. The van der Waals surface area contributed by atoms with Crippen molar-refractivity contribution in [3.63, 3.8) is 0 Å². The molecule has 3 aromatic rings. The Labute approximate surface area is 221 Å². The van der Waals surface area contributed by atoms with E-state index in [1.165, 1.54) is 18.3 Å². The predicted molar refractivity (Wildman–Crippen MR) is 142 cm³/mol. The van der Waals surface area contributed by atoms with E-state index in [1.54, 1.807) is 77.7 Å². The fourth-order valence-electron chi connectivity index (χ4n) is 3.67. The number of amides is 2. The van der Waals surface area contributed by atoms with Crippen LogP contribution in [0.1, 0.15) is 5.56 Å². The van der Waals surface area contributed by atoms with Gasteiger partial charge in [-0.2, -0.15) is 5.10 Å². The molecule has 0 unspecified atom stereocenters. The molecule has 1 heterocycles. The minimum atomic E-state index is -3.98. The number of nitrogens with zero attached hydrogens (tertiary/aromatic N) is 3. The molecule has 0 atom stereocenters. The van der Waals surface area contributed by atoms with Crippen molar-refractivity contribution in [3.05, 3.63) is 90.5 Å². The molecule has 2 amide bonds. The first-order chi connectivity index (χ1) is 18.4. The van der Waals surface area contributed by atoms with Gasteiger partial charge in [0.2, 0.25) is 0 Å². The fourth-order valence-corrected chi connectivity index (χ4v) is 5.11. The van der Waals surface area contributed by atoms with Crippen molar-refractivity contribution in [2.75, 3.05) is 43.8 Å². The third-order valence-corrected chi connectivity index (χ3v) is 7.46. The van der Waals surface area contributed by atoms with Gasteiger partial charge in [0.1, 0.15) is 12.3 Å². The molecule has 3 aromatic carbocycles. The number of hydrogen-bond acceptors (Lipinski definition) is 7. The molecule has 11 heteroatoms. The maximum atomic E-state index is 13.2. The van der Waals surface area contributed by atoms with E-state index in [2.05, 4.69) is 10.5 Å². The summed E-state index contributed by atoms with van der Waals surface area (Å²) in [5, 5.41) is 3.95. The Bertz CT molecular complexity index is 1340. The van der Waals surface area contributed by atoms with Gasteiger partial charge >= 0.3 is 0 Å². The van der Waals surface area contributed by atoms with Crippen molar-refractivity contribution < 1.29 is 27.5 Å². The van der Waals surface area contributed by atoms with Crippen molar-refractivity contribution >= 4 is 33.7 Å². The van der Waals surface area contributed by atoms with Crippen LogP contribution in [-0.4, -0.2) is 70.8 Å². The van der Waals surface area contributed by atoms with Gasteiger partial charge in [-0.25, -0.2) is 13.8 Å². The number of rotatable bonds is 10. The summed E-state index contributed by atoms with van der Waals surface area (Å²) in [6.45, 7) is 1.66. The number of ether oxygens (including phenoxy) is 2. The number of carbonyl (C=O) groups excluding carboxylic acids is 2. The van der Waals surface area contributed by atoms with E-state index in [9.17, 15) is 18.0 Å². The summed E-state index contributed by atoms with van der Waals surface area (Å²) in [6, 6.07) is 23.2. The highest BCUT2D eigenvalue weighted by atomic mass is 32.2. The van der Waals surface area contributed by atoms with Crippen molar-refractivity contribution in [2.24, 2.45) is 5.10 Å². The standard InChI is InChI=1S/C27H28N4O6S/c32-26(20-31(23-7-3-1-4-8-23)38(34,35)25-9-5-2-6-10-25)29-28-19-22-11-13-24(14-12-22)37-21-27(33)30-15-17-36-18-16-30/h1-14,19H,15-18,20-21H2,(H,29,32)/b28-19-. The Morgan fingerprint density at radius 2 is 1.58 bits per heavy atom. The highest BCUT2D eigenvalue weighted by molar-refractivity contribution is 7.92. The van der Waals surface area contributed by atoms with Crippen LogP contribution in [0, 0.1) is 0 Å². The van der Waals surface area contributed by atoms with Gasteiger partial charge in [-0.3, -0.25) is 13.9 Å². The fraction of sp³-hybridized carbons (Fsp3) is 0.222. The van der Waals surface area contributed by atoms with E-state index in [-0.39, 0.29) is 17.4 Å². The maximum absolute atomic E-state index is 13.2. The van der Waals surface area contributed by atoms with Crippen molar-refractivity contribution in [1.82, 2.24) is 10.3 Å². The van der Waals surface area contributed by atoms with Crippen LogP contribution in [0.2, 0.25) is 0 Å². The summed E-state index contributed by atoms with van der Waals surface area (Å²) < 4.78 is 38.3. The predicted octanol–water partition coefficient (Wildman–Crippen LogP) is 2.27. The second-order valence-corrected chi connectivity index (χ2v) is 10.2. The molecule has 0 aliphatic carbocycles. The molecule has 198 valence electrons. The number of hydrazone groups is 1. The van der Waals surface area contributed by atoms with Crippen LogP contribution in [0.15, 0.2) is 94.9 Å². The lowest BCUT2D eigenvalue weighted by molar-refractivity contribution is -0.137. The number of anilines is 1. The number of carbonyl (C=O) groups is 2. The zero-order chi connectivity index (χ0) is 26.8. The van der Waals surface area contributed by atoms with Gasteiger partial charge in [-0.15, -0.1) is 0 Å². The molecule has 0 aromatic heterocycles. The molecule has 4 rings (SSSR count). The second kappa shape index (κ2) is 12.8. The normalized spacial score (nSPS) is 13.7. The minimum absolute atomic E-state index is 0.0622. The van der Waals surface area contributed by atoms with E-state index in [0.29, 0.717) is 43.3 Å². The molecule has 1 aliphatic heterocycles. The Morgan fingerprint density at radius 3 is 2.24 bits per heavy atom. The van der Waals surface area contributed by atoms with E-state index >= 15 is 0 Å². The Hall–Kier alpha value is -4.22. The number of para-hydroxylation sites is 1. The summed E-state index contributed by atoms with van der Waals surface area (Å²) >= 11 is 0. The summed E-state index contributed by atoms with van der Waals surface area (Å²) in [5.74, 6) is -0.177. The zero-order valence-corrected chi connectivity index (χ0v) is 21.4. The SMILES string of the molecule is O=C(CN(c1ccccc1)S(=O)(=O)c1ccccc1)N/N=C\c1ccc(OCC(=O)N2CCOCC2)cc1. The zero-order valence-electron chi connectivity index (χ0n) is 20.6. The topological polar surface area (TPSA) is 118 Å². The molecule has 1 fully saturated rings. The first-order valence-electron chi connectivity index (χ1n) is 12.0. The average molecular weight is 537 g/mol. The van der Waals surface area contributed by atoms with Crippen LogP contribution in [-0.2, 0) is 24.3 Å². The molecule has 38 heavy (non-hydrogen) atoms. The average Bonchev–Trinajstić information content (AvgIpc) is 2.96. The lowest BCUT2D eigenvalue weighted by atomic mass is 10.2. The van der Waals surface area contributed by atoms with E-state index < -0.39 is 22.5 Å². The lowest BCUT2D eigenvalue weighted by Gasteiger charge is -2.26. The van der Waals surface area contributed by atoms with Gasteiger partial charge in [0.05, 0.1) is 30.0 Å². The second-order valence-electron chi connectivity index (χ2n) is 8.30. The molecule has 1 aliphatic rings. The van der Waals surface area contributed by atoms with Crippen LogP contribution in [0.3, 0.4) is 0 Å². The van der Waals surface area contributed by atoms with Gasteiger partial charge in [0.25, 0.3) is 21.8 Å². The van der Waals surface area contributed by atoms with Crippen molar-refractivity contribution in [3.8, 4) is 5.75 Å². The molecule has 0 spiro atoms. The third-order valence-electron chi connectivity index (χ3n) is 5.67. The van der Waals surface area contributed by atoms with E-state index in [1.807, 2.05) is 0 Å². The Morgan fingerprint density at radius 1 is 0.947 bits per heavy atom. The quantitative estimate of drug-likeness (QED) is 0.314. The van der Waals surface area contributed by atoms with Crippen LogP contribution in [0.5, 0.6) is 5.75 Å². The smallest absolute Gasteiger partial charge is 0.264 e. The first-order valence-corrected chi connectivity index (χ1v) is 13.4. The number of benzene rings is 3. The van der Waals surface area contributed by atoms with Gasteiger partial charge in [-0.05, 0) is 54.1 Å². The summed E-state index contributed by atoms with van der Waals surface area (Å²) in [6.07, 6.45) is 1.43. The van der Waals surface area contributed by atoms with E-state index in [4.69, 9.17) is 9.47 Å². The molecule has 1 saturated heterocycles. The molecule has 0 bridgehead atoms. The number of hydrogen-bond donors (Lipinski definition) is 1. The van der Waals surface area contributed by atoms with Gasteiger partial charge in [-0.1, -0.05) is 36.4 Å². The highest BCUT2D eigenvalue weighted by Crippen LogP contribution is 2.23. The largest absolute Gasteiger partial charge is 0.484 e. The summed E-state index contributed by atoms with van der Waals surface area (Å²) in [7, 11) is -3.98. The minimum Gasteiger partial charge on any atom is -0.484 e. The monoisotopic (exact) mass is 536 g/mol. The Kier molecular flexibility index (Phi) is 9.07. The number of sulfonamides is 1. The van der Waals surface area contributed by atoms with Crippen LogP contribution in [0.4, 0.5) is 5.69 Å². The third kappa shape index (κ3) is 7.17. The number of nitrogens with one attached hydrogen (secondary N) is 1. The lowest BCUT2D eigenvalue weighted by Crippen LogP contribution is -2.42. The highest BCUT2D eigenvalue weighted by Gasteiger charge is 2.26. The molecule has 0 saturated carbocycles. The van der Waals surface area contributed by atoms with Crippen molar-refractivity contribution in [1.29, 1.82) is 0 Å². The van der Waals surface area contributed by atoms with Crippen LogP contribution < -0.4 is 14.5 Å². The van der Waals surface area contributed by atoms with Gasteiger partial charge < -0.3 is 14.4 Å². The molecular weight excluding hydrogens is 508 g/mol. The van der Waals surface area contributed by atoms with E-state index in [0.717, 1.165) is 4.31 Å². The molecule has 1 N–H and O–H groups in total. The molecule has 10 nitrogen and oxygen atoms in total. The van der Waals surface area contributed by atoms with Crippen LogP contribution in [0.25, 0.3) is 0 Å². The summed E-state index contributed by atoms with van der Waals surface area (Å²) in [5.41, 5.74) is 3.41. The maximum Gasteiger partial charge on any atom is 0.264 e. The first kappa shape index (κ1) is 26.8. The van der Waals surface area contributed by atoms with Gasteiger partial charge in [0.15, 0.2) is 6.61 Å².